The number of benzene rings is 2. The van der Waals surface area contributed by atoms with Gasteiger partial charge in [-0.3, -0.25) is 14.6 Å². The lowest BCUT2D eigenvalue weighted by atomic mass is 10.2. The van der Waals surface area contributed by atoms with Crippen molar-refractivity contribution in [2.45, 2.75) is 0 Å². The first-order chi connectivity index (χ1) is 13.6. The van der Waals surface area contributed by atoms with Crippen LogP contribution in [0.2, 0.25) is 0 Å². The summed E-state index contributed by atoms with van der Waals surface area (Å²) in [6, 6.07) is 16.6. The van der Waals surface area contributed by atoms with E-state index in [0.29, 0.717) is 22.2 Å². The maximum Gasteiger partial charge on any atom is 0.347 e. The van der Waals surface area contributed by atoms with E-state index in [9.17, 15) is 14.4 Å². The molecule has 0 fully saturated rings. The monoisotopic (exact) mass is 369 g/mol. The van der Waals surface area contributed by atoms with Crippen LogP contribution in [0.15, 0.2) is 76.1 Å². The summed E-state index contributed by atoms with van der Waals surface area (Å²) in [5.74, 6) is -0.723. The molecule has 3 heterocycles. The van der Waals surface area contributed by atoms with Gasteiger partial charge in [0.1, 0.15) is 5.69 Å². The summed E-state index contributed by atoms with van der Waals surface area (Å²) in [4.78, 5) is 46.7. The summed E-state index contributed by atoms with van der Waals surface area (Å²) in [6.45, 7) is 0. The molecule has 28 heavy (non-hydrogen) atoms. The lowest BCUT2D eigenvalue weighted by Crippen LogP contribution is -2.29. The zero-order chi connectivity index (χ0) is 19.3. The predicted molar refractivity (Wildman–Crippen MR) is 101 cm³/mol. The number of hydrogen-bond donors (Lipinski definition) is 0. The van der Waals surface area contributed by atoms with E-state index >= 15 is 0 Å². The Kier molecular flexibility index (Phi) is 3.42. The number of carbonyl (C=O) groups excluding carboxylic acids is 2. The number of para-hydroxylation sites is 1. The highest BCUT2D eigenvalue weighted by Gasteiger charge is 2.37. The number of fused-ring (bicyclic) bond motifs is 2. The summed E-state index contributed by atoms with van der Waals surface area (Å²) >= 11 is 0. The van der Waals surface area contributed by atoms with E-state index < -0.39 is 17.4 Å². The molecule has 2 amide bonds. The molecule has 0 unspecified atom stereocenters. The zero-order valence-electron chi connectivity index (χ0n) is 14.3. The molecule has 2 aromatic heterocycles. The van der Waals surface area contributed by atoms with Crippen molar-refractivity contribution in [2.24, 2.45) is 0 Å². The third-order valence-electron chi connectivity index (χ3n) is 4.55. The summed E-state index contributed by atoms with van der Waals surface area (Å²) < 4.78 is 5.31. The van der Waals surface area contributed by atoms with E-state index in [2.05, 4.69) is 9.97 Å². The maximum absolute atomic E-state index is 12.5. The van der Waals surface area contributed by atoms with Gasteiger partial charge in [0.05, 0.1) is 22.2 Å². The first-order valence-corrected chi connectivity index (χ1v) is 8.47. The number of carbonyl (C=O) groups is 2. The fourth-order valence-electron chi connectivity index (χ4n) is 3.20. The van der Waals surface area contributed by atoms with Crippen LogP contribution in [0, 0.1) is 0 Å². The van der Waals surface area contributed by atoms with Gasteiger partial charge in [-0.25, -0.2) is 14.7 Å². The molecule has 0 bridgehead atoms. The van der Waals surface area contributed by atoms with Crippen LogP contribution in [0.5, 0.6) is 0 Å². The molecular formula is C21H11N3O4. The van der Waals surface area contributed by atoms with Crippen molar-refractivity contribution >= 4 is 28.4 Å². The lowest BCUT2D eigenvalue weighted by molar-refractivity contribution is 0.0924. The van der Waals surface area contributed by atoms with Gasteiger partial charge in [-0.15, -0.1) is 0 Å². The smallest absolute Gasteiger partial charge is 0.347 e. The number of aromatic nitrogens is 2. The fourth-order valence-corrected chi connectivity index (χ4v) is 3.20. The minimum atomic E-state index is -0.476. The second-order valence-corrected chi connectivity index (χ2v) is 6.22. The Labute approximate surface area is 157 Å². The largest absolute Gasteiger partial charge is 0.403 e. The topological polar surface area (TPSA) is 93.4 Å². The van der Waals surface area contributed by atoms with Crippen LogP contribution >= 0.6 is 0 Å². The van der Waals surface area contributed by atoms with Crippen molar-refractivity contribution in [3.8, 4) is 11.5 Å². The first kappa shape index (κ1) is 16.1. The molecule has 5 rings (SSSR count). The molecule has 1 aliphatic heterocycles. The third kappa shape index (κ3) is 2.34. The molecule has 0 aliphatic carbocycles. The number of pyridine rings is 1. The van der Waals surface area contributed by atoms with Crippen molar-refractivity contribution in [1.29, 1.82) is 0 Å². The Morgan fingerprint density at radius 3 is 2.39 bits per heavy atom. The minimum absolute atomic E-state index is 0.138. The molecule has 7 nitrogen and oxygen atoms in total. The Hall–Kier alpha value is -4.13. The molecular weight excluding hydrogens is 358 g/mol. The van der Waals surface area contributed by atoms with Gasteiger partial charge >= 0.3 is 5.63 Å². The van der Waals surface area contributed by atoms with Gasteiger partial charge in [0.15, 0.2) is 0 Å². The standard InChI is InChI=1S/C21H11N3O4/c25-19-15-5-3-11-22-17(15)20(26)24(19)13-9-7-12(8-10-13)18-23-16-6-2-1-4-14(16)21(27)28-18/h1-11H. The molecule has 0 radical (unpaired) electrons. The zero-order valence-corrected chi connectivity index (χ0v) is 14.3. The summed E-state index contributed by atoms with van der Waals surface area (Å²) in [5, 5.41) is 0.404. The number of rotatable bonds is 2. The molecule has 7 heteroatoms. The fraction of sp³-hybridized carbons (Fsp3) is 0. The van der Waals surface area contributed by atoms with Gasteiger partial charge < -0.3 is 4.42 Å². The molecule has 1 aliphatic rings. The first-order valence-electron chi connectivity index (χ1n) is 8.47. The molecule has 0 saturated heterocycles. The van der Waals surface area contributed by atoms with Gasteiger partial charge in [-0.2, -0.15) is 0 Å². The van der Waals surface area contributed by atoms with Gasteiger partial charge in [0, 0.05) is 11.8 Å². The molecule has 0 atom stereocenters. The van der Waals surface area contributed by atoms with Crippen LogP contribution in [-0.2, 0) is 0 Å². The van der Waals surface area contributed by atoms with E-state index in [0.717, 1.165) is 4.90 Å². The summed E-state index contributed by atoms with van der Waals surface area (Å²) in [5.41, 5.74) is 1.43. The van der Waals surface area contributed by atoms with Gasteiger partial charge in [0.2, 0.25) is 5.89 Å². The van der Waals surface area contributed by atoms with Crippen molar-refractivity contribution < 1.29 is 14.0 Å². The van der Waals surface area contributed by atoms with Crippen LogP contribution in [0.1, 0.15) is 20.8 Å². The molecule has 0 spiro atoms. The molecule has 4 aromatic rings. The molecule has 134 valence electrons. The number of hydrogen-bond acceptors (Lipinski definition) is 6. The van der Waals surface area contributed by atoms with Gasteiger partial charge in [0.25, 0.3) is 11.8 Å². The van der Waals surface area contributed by atoms with Gasteiger partial charge in [-0.05, 0) is 48.5 Å². The van der Waals surface area contributed by atoms with Crippen LogP contribution in [0.4, 0.5) is 5.69 Å². The normalized spacial score (nSPS) is 13.2. The van der Waals surface area contributed by atoms with Gasteiger partial charge in [-0.1, -0.05) is 12.1 Å². The van der Waals surface area contributed by atoms with E-state index in [-0.39, 0.29) is 17.1 Å². The van der Waals surface area contributed by atoms with Crippen molar-refractivity contribution in [3.05, 3.63) is 88.5 Å². The van der Waals surface area contributed by atoms with E-state index in [1.807, 2.05) is 0 Å². The molecule has 2 aromatic carbocycles. The summed E-state index contributed by atoms with van der Waals surface area (Å²) in [7, 11) is 0. The number of amides is 2. The van der Waals surface area contributed by atoms with Crippen LogP contribution in [0.25, 0.3) is 22.4 Å². The highest BCUT2D eigenvalue weighted by molar-refractivity contribution is 6.33. The van der Waals surface area contributed by atoms with E-state index in [1.165, 1.54) is 6.20 Å². The highest BCUT2D eigenvalue weighted by atomic mass is 16.4. The van der Waals surface area contributed by atoms with Crippen molar-refractivity contribution in [2.75, 3.05) is 4.90 Å². The number of nitrogens with zero attached hydrogens (tertiary/aromatic N) is 3. The maximum atomic E-state index is 12.5. The van der Waals surface area contributed by atoms with E-state index in [1.54, 1.807) is 60.7 Å². The SMILES string of the molecule is O=C1c2cccnc2C(=O)N1c1ccc(-c2nc3ccccc3c(=O)o2)cc1. The Bertz CT molecular complexity index is 1290. The predicted octanol–water partition coefficient (Wildman–Crippen LogP) is 3.05. The number of anilines is 1. The highest BCUT2D eigenvalue weighted by Crippen LogP contribution is 2.29. The Morgan fingerprint density at radius 1 is 0.821 bits per heavy atom. The average Bonchev–Trinajstić information content (AvgIpc) is 2.99. The van der Waals surface area contributed by atoms with Crippen LogP contribution < -0.4 is 10.5 Å². The summed E-state index contributed by atoms with van der Waals surface area (Å²) in [6.07, 6.45) is 1.48. The van der Waals surface area contributed by atoms with E-state index in [4.69, 9.17) is 4.42 Å². The average molecular weight is 369 g/mol. The lowest BCUT2D eigenvalue weighted by Gasteiger charge is -2.13. The minimum Gasteiger partial charge on any atom is -0.403 e. The second kappa shape index (κ2) is 5.95. The molecule has 0 saturated carbocycles. The Morgan fingerprint density at radius 2 is 1.61 bits per heavy atom. The quantitative estimate of drug-likeness (QED) is 0.504. The third-order valence-corrected chi connectivity index (χ3v) is 4.55. The Balaban J connectivity index is 1.53. The second-order valence-electron chi connectivity index (χ2n) is 6.22. The van der Waals surface area contributed by atoms with Crippen LogP contribution in [-0.4, -0.2) is 21.8 Å². The number of imide groups is 1. The van der Waals surface area contributed by atoms with Crippen molar-refractivity contribution in [1.82, 2.24) is 9.97 Å². The molecule has 0 N–H and O–H groups in total. The van der Waals surface area contributed by atoms with Crippen molar-refractivity contribution in [3.63, 3.8) is 0 Å². The van der Waals surface area contributed by atoms with Crippen LogP contribution in [0.3, 0.4) is 0 Å².